The van der Waals surface area contributed by atoms with Gasteiger partial charge in [0, 0.05) is 18.3 Å². The van der Waals surface area contributed by atoms with Crippen molar-refractivity contribution in [2.24, 2.45) is 5.92 Å². The molecule has 2 fully saturated rings. The van der Waals surface area contributed by atoms with E-state index in [1.165, 1.54) is 51.4 Å². The van der Waals surface area contributed by atoms with Crippen molar-refractivity contribution in [2.75, 3.05) is 0 Å². The predicted molar refractivity (Wildman–Crippen MR) is 108 cm³/mol. The second-order valence-corrected chi connectivity index (χ2v) is 8.79. The quantitative estimate of drug-likeness (QED) is 0.631. The van der Waals surface area contributed by atoms with Crippen LogP contribution >= 0.6 is 0 Å². The third-order valence-corrected chi connectivity index (χ3v) is 6.79. The summed E-state index contributed by atoms with van der Waals surface area (Å²) in [5, 5.41) is 0. The molecule has 0 saturated heterocycles. The van der Waals surface area contributed by atoms with Gasteiger partial charge in [-0.2, -0.15) is 0 Å². The van der Waals surface area contributed by atoms with Crippen LogP contribution in [0.5, 0.6) is 0 Å². The van der Waals surface area contributed by atoms with Crippen LogP contribution in [0.25, 0.3) is 0 Å². The van der Waals surface area contributed by atoms with Gasteiger partial charge in [-0.05, 0) is 79.9 Å². The molecule has 138 valence electrons. The Bertz CT molecular complexity index is 688. The van der Waals surface area contributed by atoms with Crippen LogP contribution in [0, 0.1) is 12.8 Å². The number of benzene rings is 1. The zero-order chi connectivity index (χ0) is 17.9. The summed E-state index contributed by atoms with van der Waals surface area (Å²) in [5.74, 6) is 4.05. The highest BCUT2D eigenvalue weighted by Crippen LogP contribution is 2.40. The Morgan fingerprint density at radius 1 is 0.654 bits per heavy atom. The van der Waals surface area contributed by atoms with Crippen molar-refractivity contribution in [3.05, 3.63) is 59.2 Å². The van der Waals surface area contributed by atoms with Crippen molar-refractivity contribution >= 4 is 0 Å². The third-order valence-electron chi connectivity index (χ3n) is 6.79. The summed E-state index contributed by atoms with van der Waals surface area (Å²) in [7, 11) is 0. The normalized spacial score (nSPS) is 29.5. The molecule has 0 atom stereocenters. The monoisotopic (exact) mass is 348 g/mol. The Hall–Kier alpha value is -1.70. The van der Waals surface area contributed by atoms with Crippen molar-refractivity contribution in [3.63, 3.8) is 0 Å². The third kappa shape index (κ3) is 4.00. The number of hydrogen-bond donors (Lipinski definition) is 0. The molecule has 0 spiro atoms. The average molecular weight is 349 g/mol. The first-order chi connectivity index (χ1) is 12.7. The summed E-state index contributed by atoms with van der Waals surface area (Å²) in [6.07, 6.45) is 14.4. The largest absolute Gasteiger partial charge is 0.241 e. The highest BCUT2D eigenvalue weighted by atomic mass is 14.9. The Kier molecular flexibility index (Phi) is 5.38. The summed E-state index contributed by atoms with van der Waals surface area (Å²) in [4.78, 5) is 9.11. The zero-order valence-electron chi connectivity index (χ0n) is 16.3. The molecule has 0 bridgehead atoms. The van der Waals surface area contributed by atoms with Crippen molar-refractivity contribution in [1.82, 2.24) is 9.97 Å². The minimum atomic E-state index is 0.551. The zero-order valence-corrected chi connectivity index (χ0v) is 16.3. The van der Waals surface area contributed by atoms with E-state index in [0.717, 1.165) is 29.1 Å². The van der Waals surface area contributed by atoms with Crippen LogP contribution in [0.4, 0.5) is 0 Å². The van der Waals surface area contributed by atoms with Crippen LogP contribution in [-0.4, -0.2) is 9.97 Å². The molecule has 0 amide bonds. The van der Waals surface area contributed by atoms with Crippen LogP contribution in [-0.2, 0) is 0 Å². The molecule has 1 aromatic heterocycles. The van der Waals surface area contributed by atoms with E-state index >= 15 is 0 Å². The fourth-order valence-corrected chi connectivity index (χ4v) is 4.93. The number of aromatic nitrogens is 2. The molecule has 26 heavy (non-hydrogen) atoms. The van der Waals surface area contributed by atoms with Gasteiger partial charge in [0.25, 0.3) is 0 Å². The van der Waals surface area contributed by atoms with E-state index in [1.54, 1.807) is 11.1 Å². The highest BCUT2D eigenvalue weighted by Gasteiger charge is 2.25. The SMILES string of the molecule is Cc1cnc(C2CCC(c3ccc(C4CCC(C)CC4)cc3)CC2)nc1. The van der Waals surface area contributed by atoms with Crippen molar-refractivity contribution < 1.29 is 0 Å². The first-order valence-electron chi connectivity index (χ1n) is 10.6. The molecule has 0 radical (unpaired) electrons. The van der Waals surface area contributed by atoms with E-state index in [0.29, 0.717) is 5.92 Å². The number of aryl methyl sites for hydroxylation is 1. The Balaban J connectivity index is 1.35. The molecule has 0 N–H and O–H groups in total. The molecular formula is C24H32N2. The second-order valence-electron chi connectivity index (χ2n) is 8.79. The van der Waals surface area contributed by atoms with Crippen molar-refractivity contribution in [3.8, 4) is 0 Å². The van der Waals surface area contributed by atoms with Crippen LogP contribution in [0.3, 0.4) is 0 Å². The smallest absolute Gasteiger partial charge is 0.131 e. The Morgan fingerprint density at radius 3 is 1.58 bits per heavy atom. The lowest BCUT2D eigenvalue weighted by atomic mass is 9.76. The number of nitrogens with zero attached hydrogens (tertiary/aromatic N) is 2. The summed E-state index contributed by atoms with van der Waals surface area (Å²) in [6.45, 7) is 4.45. The number of rotatable bonds is 3. The molecule has 2 aromatic rings. The van der Waals surface area contributed by atoms with Gasteiger partial charge in [-0.25, -0.2) is 9.97 Å². The maximum Gasteiger partial charge on any atom is 0.131 e. The summed E-state index contributed by atoms with van der Waals surface area (Å²) < 4.78 is 0. The van der Waals surface area contributed by atoms with Crippen molar-refractivity contribution in [1.29, 1.82) is 0 Å². The second kappa shape index (κ2) is 7.90. The molecule has 4 rings (SSSR count). The predicted octanol–water partition coefficient (Wildman–Crippen LogP) is 6.52. The average Bonchev–Trinajstić information content (AvgIpc) is 2.70. The summed E-state index contributed by atoms with van der Waals surface area (Å²) in [6, 6.07) is 9.68. The minimum Gasteiger partial charge on any atom is -0.241 e. The minimum absolute atomic E-state index is 0.551. The molecular weight excluding hydrogens is 316 g/mol. The van der Waals surface area contributed by atoms with E-state index in [9.17, 15) is 0 Å². The molecule has 2 saturated carbocycles. The highest BCUT2D eigenvalue weighted by molar-refractivity contribution is 5.28. The molecule has 2 aliphatic carbocycles. The van der Waals surface area contributed by atoms with Gasteiger partial charge in [0.1, 0.15) is 5.82 Å². The summed E-state index contributed by atoms with van der Waals surface area (Å²) >= 11 is 0. The topological polar surface area (TPSA) is 25.8 Å². The molecule has 2 nitrogen and oxygen atoms in total. The van der Waals surface area contributed by atoms with Gasteiger partial charge >= 0.3 is 0 Å². The molecule has 1 aromatic carbocycles. The van der Waals surface area contributed by atoms with Gasteiger partial charge < -0.3 is 0 Å². The van der Waals surface area contributed by atoms with Gasteiger partial charge in [-0.3, -0.25) is 0 Å². The van der Waals surface area contributed by atoms with E-state index in [-0.39, 0.29) is 0 Å². The molecule has 0 unspecified atom stereocenters. The van der Waals surface area contributed by atoms with Gasteiger partial charge in [0.15, 0.2) is 0 Å². The lowest BCUT2D eigenvalue weighted by Crippen LogP contribution is -2.14. The van der Waals surface area contributed by atoms with Gasteiger partial charge in [-0.15, -0.1) is 0 Å². The molecule has 1 heterocycles. The van der Waals surface area contributed by atoms with E-state index in [1.807, 2.05) is 12.4 Å². The van der Waals surface area contributed by atoms with Crippen molar-refractivity contribution in [2.45, 2.75) is 83.0 Å². The standard InChI is InChI=1S/C24H32N2/c1-17-3-5-19(6-4-17)20-7-9-21(10-8-20)22-11-13-23(14-12-22)24-25-15-18(2)16-26-24/h7-10,15-17,19,22-23H,3-6,11-14H2,1-2H3. The van der Waals surface area contributed by atoms with Crippen LogP contribution in [0.15, 0.2) is 36.7 Å². The van der Waals surface area contributed by atoms with E-state index < -0.39 is 0 Å². The fourth-order valence-electron chi connectivity index (χ4n) is 4.93. The van der Waals surface area contributed by atoms with E-state index in [4.69, 9.17) is 0 Å². The Labute approximate surface area is 158 Å². The van der Waals surface area contributed by atoms with Gasteiger partial charge in [0.2, 0.25) is 0 Å². The molecule has 2 aliphatic rings. The first kappa shape index (κ1) is 17.7. The fraction of sp³-hybridized carbons (Fsp3) is 0.583. The maximum atomic E-state index is 4.56. The lowest BCUT2D eigenvalue weighted by molar-refractivity contribution is 0.347. The van der Waals surface area contributed by atoms with Crippen LogP contribution < -0.4 is 0 Å². The number of hydrogen-bond acceptors (Lipinski definition) is 2. The van der Waals surface area contributed by atoms with Gasteiger partial charge in [0.05, 0.1) is 0 Å². The summed E-state index contributed by atoms with van der Waals surface area (Å²) in [5.41, 5.74) is 4.26. The lowest BCUT2D eigenvalue weighted by Gasteiger charge is -2.29. The van der Waals surface area contributed by atoms with Crippen LogP contribution in [0.1, 0.15) is 98.6 Å². The van der Waals surface area contributed by atoms with Crippen LogP contribution in [0.2, 0.25) is 0 Å². The first-order valence-corrected chi connectivity index (χ1v) is 10.6. The molecule has 2 heteroatoms. The van der Waals surface area contributed by atoms with Gasteiger partial charge in [-0.1, -0.05) is 44.0 Å². The molecule has 0 aliphatic heterocycles. The maximum absolute atomic E-state index is 4.56. The Morgan fingerprint density at radius 2 is 1.08 bits per heavy atom. The van der Waals surface area contributed by atoms with E-state index in [2.05, 4.69) is 48.1 Å².